The number of nitrogens with two attached hydrogens (primary N) is 1. The molecule has 4 N–H and O–H groups in total. The second-order valence-corrected chi connectivity index (χ2v) is 10.5. The molecule has 246 valence electrons. The van der Waals surface area contributed by atoms with Crippen molar-refractivity contribution in [1.82, 2.24) is 14.5 Å². The third kappa shape index (κ3) is 11.6. The number of carboxylic acids is 1. The van der Waals surface area contributed by atoms with E-state index in [0.29, 0.717) is 23.9 Å². The number of carboxylic acid groups (broad SMARTS) is 1. The lowest BCUT2D eigenvalue weighted by atomic mass is 9.93. The van der Waals surface area contributed by atoms with Crippen LogP contribution in [-0.2, 0) is 23.5 Å². The van der Waals surface area contributed by atoms with Crippen molar-refractivity contribution in [3.05, 3.63) is 125 Å². The molecule has 0 radical (unpaired) electrons. The van der Waals surface area contributed by atoms with Crippen molar-refractivity contribution in [2.75, 3.05) is 26.2 Å². The quantitative estimate of drug-likeness (QED) is 0.153. The zero-order valence-electron chi connectivity index (χ0n) is 24.4. The molecule has 0 spiro atoms. The van der Waals surface area contributed by atoms with E-state index in [1.165, 1.54) is 12.4 Å². The van der Waals surface area contributed by atoms with Crippen LogP contribution in [-0.4, -0.2) is 63.1 Å². The molecule has 1 heterocycles. The first-order chi connectivity index (χ1) is 21.8. The molecule has 0 bridgehead atoms. The first-order valence-electron chi connectivity index (χ1n) is 13.8. The Hall–Kier alpha value is -4.30. The summed E-state index contributed by atoms with van der Waals surface area (Å²) < 4.78 is 67.4. The van der Waals surface area contributed by atoms with Crippen molar-refractivity contribution in [1.29, 1.82) is 0 Å². The summed E-state index contributed by atoms with van der Waals surface area (Å²) in [5.41, 5.74) is 6.14. The fraction of sp³-hybridized carbons (Fsp3) is 0.250. The highest BCUT2D eigenvalue weighted by Gasteiger charge is 2.38. The largest absolute Gasteiger partial charge is 0.490 e. The van der Waals surface area contributed by atoms with Crippen LogP contribution in [0.3, 0.4) is 0 Å². The summed E-state index contributed by atoms with van der Waals surface area (Å²) in [6.45, 7) is 2.41. The molecule has 14 heteroatoms. The van der Waals surface area contributed by atoms with E-state index in [9.17, 15) is 27.1 Å². The number of rotatable bonds is 13. The maximum absolute atomic E-state index is 14.6. The average Bonchev–Trinajstić information content (AvgIpc) is 3.50. The van der Waals surface area contributed by atoms with Crippen LogP contribution in [0.2, 0.25) is 5.02 Å². The highest BCUT2D eigenvalue weighted by atomic mass is 35.5. The Morgan fingerprint density at radius 2 is 1.74 bits per heavy atom. The van der Waals surface area contributed by atoms with Gasteiger partial charge in [0.25, 0.3) is 0 Å². The number of aliphatic carboxylic acids is 1. The lowest BCUT2D eigenvalue weighted by molar-refractivity contribution is -0.192. The first kappa shape index (κ1) is 36.2. The van der Waals surface area contributed by atoms with Crippen molar-refractivity contribution >= 4 is 23.6 Å². The second-order valence-electron chi connectivity index (χ2n) is 10.1. The molecule has 0 saturated carbocycles. The highest BCUT2D eigenvalue weighted by molar-refractivity contribution is 6.30. The Morgan fingerprint density at radius 1 is 1.07 bits per heavy atom. The Kier molecular flexibility index (Phi) is 13.2. The molecule has 4 rings (SSSR count). The van der Waals surface area contributed by atoms with Crippen LogP contribution in [0.1, 0.15) is 16.7 Å². The molecule has 0 aliphatic heterocycles. The topological polar surface area (TPSA) is 114 Å². The number of alkyl halides is 3. The van der Waals surface area contributed by atoms with E-state index >= 15 is 0 Å². The van der Waals surface area contributed by atoms with Gasteiger partial charge >= 0.3 is 12.1 Å². The maximum Gasteiger partial charge on any atom is 0.490 e. The number of imidazole rings is 1. The van der Waals surface area contributed by atoms with Gasteiger partial charge in [0, 0.05) is 55.2 Å². The van der Waals surface area contributed by atoms with E-state index in [0.717, 1.165) is 36.3 Å². The van der Waals surface area contributed by atoms with Gasteiger partial charge < -0.3 is 25.3 Å². The molecule has 0 aliphatic carbocycles. The molecule has 0 fully saturated rings. The summed E-state index contributed by atoms with van der Waals surface area (Å²) in [5.74, 6) is -3.81. The molecule has 3 aromatic carbocycles. The fourth-order valence-corrected chi connectivity index (χ4v) is 4.36. The third-order valence-electron chi connectivity index (χ3n) is 6.47. The number of aromatic nitrogens is 2. The third-order valence-corrected chi connectivity index (χ3v) is 6.73. The first-order valence-corrected chi connectivity index (χ1v) is 14.2. The predicted octanol–water partition coefficient (Wildman–Crippen LogP) is 5.89. The fourth-order valence-electron chi connectivity index (χ4n) is 4.24. The van der Waals surface area contributed by atoms with Gasteiger partial charge in [0.2, 0.25) is 0 Å². The minimum atomic E-state index is -5.08. The van der Waals surface area contributed by atoms with Gasteiger partial charge in [-0.3, -0.25) is 4.90 Å². The van der Waals surface area contributed by atoms with Gasteiger partial charge in [0.15, 0.2) is 0 Å². The van der Waals surface area contributed by atoms with Crippen LogP contribution in [0.4, 0.5) is 22.0 Å². The monoisotopic (exact) mass is 666 g/mol. The number of hydrogen-bond donors (Lipinski definition) is 3. The maximum atomic E-state index is 14.6. The Morgan fingerprint density at radius 3 is 2.30 bits per heavy atom. The van der Waals surface area contributed by atoms with Crippen LogP contribution in [0.25, 0.3) is 6.08 Å². The molecule has 1 aromatic heterocycles. The molecule has 46 heavy (non-hydrogen) atoms. The number of aliphatic hydroxyl groups is 1. The lowest BCUT2D eigenvalue weighted by Gasteiger charge is -2.29. The van der Waals surface area contributed by atoms with E-state index in [1.807, 2.05) is 42.5 Å². The van der Waals surface area contributed by atoms with Gasteiger partial charge in [0.05, 0.1) is 12.9 Å². The molecule has 1 unspecified atom stereocenters. The van der Waals surface area contributed by atoms with Gasteiger partial charge in [-0.25, -0.2) is 18.6 Å². The van der Waals surface area contributed by atoms with Crippen molar-refractivity contribution in [3.8, 4) is 5.75 Å². The van der Waals surface area contributed by atoms with Crippen LogP contribution in [0.15, 0.2) is 91.5 Å². The van der Waals surface area contributed by atoms with Crippen molar-refractivity contribution in [3.63, 3.8) is 0 Å². The van der Waals surface area contributed by atoms with E-state index in [-0.39, 0.29) is 18.7 Å². The molecular weight excluding hydrogens is 635 g/mol. The van der Waals surface area contributed by atoms with E-state index in [4.69, 9.17) is 32.0 Å². The number of carbonyl (C=O) groups is 1. The summed E-state index contributed by atoms with van der Waals surface area (Å²) in [6, 6.07) is 18.2. The zero-order chi connectivity index (χ0) is 33.7. The number of hydrogen-bond acceptors (Lipinski definition) is 6. The second kappa shape index (κ2) is 16.9. The normalized spacial score (nSPS) is 12.9. The Labute approximate surface area is 267 Å². The molecular formula is C32H32ClF5N4O4. The summed E-state index contributed by atoms with van der Waals surface area (Å²) in [6.07, 6.45) is 3.78. The van der Waals surface area contributed by atoms with E-state index in [1.54, 1.807) is 29.1 Å². The molecule has 0 aliphatic rings. The van der Waals surface area contributed by atoms with Crippen LogP contribution in [0.5, 0.6) is 5.75 Å². The highest BCUT2D eigenvalue weighted by Crippen LogP contribution is 2.28. The standard InChI is InChI=1S/C30H31ClF2N4O2.C2HF3O2/c31-25-7-3-23(4-8-25)2-1-15-36(16-13-34)19-24-5-10-27(11-6-24)39-21-30(38,20-37-17-14-35-22-37)28-12-9-26(32)18-29(28)33;3-2(4,5)1(6)7/h1-12,14,17-18,22,38H,13,15-16,19-21,34H2;(H,6,7)/b2-1+;. The van der Waals surface area contributed by atoms with Crippen molar-refractivity contribution in [2.24, 2.45) is 5.73 Å². The van der Waals surface area contributed by atoms with Gasteiger partial charge in [-0.2, -0.15) is 13.2 Å². The average molecular weight is 667 g/mol. The number of ether oxygens (including phenoxy) is 1. The van der Waals surface area contributed by atoms with Crippen LogP contribution in [0, 0.1) is 11.6 Å². The van der Waals surface area contributed by atoms with Crippen LogP contribution < -0.4 is 10.5 Å². The predicted molar refractivity (Wildman–Crippen MR) is 163 cm³/mol. The summed E-state index contributed by atoms with van der Waals surface area (Å²) in [7, 11) is 0. The van der Waals surface area contributed by atoms with Crippen LogP contribution >= 0.6 is 11.6 Å². The summed E-state index contributed by atoms with van der Waals surface area (Å²) in [5, 5.41) is 19.3. The summed E-state index contributed by atoms with van der Waals surface area (Å²) >= 11 is 5.95. The SMILES string of the molecule is NCCN(C/C=C/c1ccc(Cl)cc1)Cc1ccc(OCC(O)(Cn2ccnc2)c2ccc(F)cc2F)cc1.O=C(O)C(F)(F)F. The zero-order valence-corrected chi connectivity index (χ0v) is 25.1. The number of halogens is 6. The van der Waals surface area contributed by atoms with Gasteiger partial charge in [-0.15, -0.1) is 0 Å². The number of benzene rings is 3. The minimum Gasteiger partial charge on any atom is -0.490 e. The van der Waals surface area contributed by atoms with Crippen molar-refractivity contribution in [2.45, 2.75) is 24.9 Å². The lowest BCUT2D eigenvalue weighted by Crippen LogP contribution is -2.38. The van der Waals surface area contributed by atoms with E-state index < -0.39 is 29.4 Å². The molecule has 0 amide bonds. The Bertz CT molecular complexity index is 1550. The molecule has 0 saturated heterocycles. The van der Waals surface area contributed by atoms with Gasteiger partial charge in [-0.1, -0.05) is 54.1 Å². The smallest absolute Gasteiger partial charge is 0.490 e. The number of nitrogens with zero attached hydrogens (tertiary/aromatic N) is 3. The minimum absolute atomic E-state index is 0.0226. The Balaban J connectivity index is 0.000000738. The molecule has 1 atom stereocenters. The summed E-state index contributed by atoms with van der Waals surface area (Å²) in [4.78, 5) is 15.1. The van der Waals surface area contributed by atoms with E-state index in [2.05, 4.69) is 16.0 Å². The molecule has 8 nitrogen and oxygen atoms in total. The van der Waals surface area contributed by atoms with Gasteiger partial charge in [-0.05, 0) is 41.5 Å². The van der Waals surface area contributed by atoms with Crippen molar-refractivity contribution < 1.29 is 41.7 Å². The molecule has 4 aromatic rings. The van der Waals surface area contributed by atoms with Gasteiger partial charge in [0.1, 0.15) is 29.6 Å².